The number of hydrogen-bond donors (Lipinski definition) is 3. The van der Waals surface area contributed by atoms with Crippen molar-refractivity contribution in [2.45, 2.75) is 6.42 Å². The Labute approximate surface area is 183 Å². The summed E-state index contributed by atoms with van der Waals surface area (Å²) >= 11 is 0. The summed E-state index contributed by atoms with van der Waals surface area (Å²) in [6.45, 7) is 0.327. The molecule has 0 aliphatic rings. The van der Waals surface area contributed by atoms with Gasteiger partial charge in [-0.25, -0.2) is 4.39 Å². The Balaban J connectivity index is 1.52. The Kier molecular flexibility index (Phi) is 7.47. The molecule has 0 aromatic heterocycles. The standard InChI is InChI=1S/C23H21FN4O4/c24-18-9-6-16(7-10-18)14-22(29)25-12-13-26-23(30)17-8-11-20(21(15-17)28(31)32)27-19-4-2-1-3-5-19/h1-11,15,27H,12-14H2,(H,25,29)(H,26,30). The topological polar surface area (TPSA) is 113 Å². The van der Waals surface area contributed by atoms with E-state index in [0.29, 0.717) is 11.3 Å². The van der Waals surface area contributed by atoms with Crippen molar-refractivity contribution in [1.29, 1.82) is 0 Å². The van der Waals surface area contributed by atoms with Crippen LogP contribution in [0.15, 0.2) is 72.8 Å². The van der Waals surface area contributed by atoms with Crippen molar-refractivity contribution < 1.29 is 18.9 Å². The summed E-state index contributed by atoms with van der Waals surface area (Å²) in [6.07, 6.45) is 0.0935. The summed E-state index contributed by atoms with van der Waals surface area (Å²) in [5, 5.41) is 19.7. The van der Waals surface area contributed by atoms with E-state index in [1.54, 1.807) is 24.3 Å². The van der Waals surface area contributed by atoms with Gasteiger partial charge in [0.15, 0.2) is 0 Å². The number of benzene rings is 3. The first-order valence-corrected chi connectivity index (χ1v) is 9.82. The van der Waals surface area contributed by atoms with E-state index in [-0.39, 0.29) is 48.2 Å². The van der Waals surface area contributed by atoms with Crippen LogP contribution >= 0.6 is 0 Å². The number of anilines is 2. The highest BCUT2D eigenvalue weighted by molar-refractivity contribution is 5.96. The van der Waals surface area contributed by atoms with E-state index < -0.39 is 10.8 Å². The van der Waals surface area contributed by atoms with Crippen molar-refractivity contribution in [3.8, 4) is 0 Å². The van der Waals surface area contributed by atoms with Crippen LogP contribution < -0.4 is 16.0 Å². The molecule has 0 unspecified atom stereocenters. The highest BCUT2D eigenvalue weighted by atomic mass is 19.1. The summed E-state index contributed by atoms with van der Waals surface area (Å²) in [7, 11) is 0. The number of nitrogens with zero attached hydrogens (tertiary/aromatic N) is 1. The van der Waals surface area contributed by atoms with Gasteiger partial charge in [-0.3, -0.25) is 19.7 Å². The number of nitro groups is 1. The number of amides is 2. The summed E-state index contributed by atoms with van der Waals surface area (Å²) in [5.74, 6) is -1.13. The van der Waals surface area contributed by atoms with Gasteiger partial charge in [0.2, 0.25) is 5.91 Å². The second-order valence-corrected chi connectivity index (χ2v) is 6.89. The molecule has 0 saturated heterocycles. The number of carbonyl (C=O) groups is 2. The minimum Gasteiger partial charge on any atom is -0.354 e. The summed E-state index contributed by atoms with van der Waals surface area (Å²) in [6, 6.07) is 18.8. The zero-order valence-electron chi connectivity index (χ0n) is 17.0. The van der Waals surface area contributed by atoms with Gasteiger partial charge >= 0.3 is 0 Å². The van der Waals surface area contributed by atoms with Crippen LogP contribution in [0.5, 0.6) is 0 Å². The number of para-hydroxylation sites is 1. The molecule has 0 aliphatic carbocycles. The van der Waals surface area contributed by atoms with Crippen molar-refractivity contribution in [1.82, 2.24) is 10.6 Å². The quantitative estimate of drug-likeness (QED) is 0.270. The lowest BCUT2D eigenvalue weighted by Crippen LogP contribution is -2.35. The van der Waals surface area contributed by atoms with E-state index in [1.165, 1.54) is 42.5 Å². The third-order valence-corrected chi connectivity index (χ3v) is 4.52. The third-order valence-electron chi connectivity index (χ3n) is 4.52. The van der Waals surface area contributed by atoms with E-state index in [4.69, 9.17) is 0 Å². The zero-order chi connectivity index (χ0) is 22.9. The van der Waals surface area contributed by atoms with Gasteiger partial charge in [-0.05, 0) is 42.0 Å². The van der Waals surface area contributed by atoms with Crippen molar-refractivity contribution in [3.63, 3.8) is 0 Å². The van der Waals surface area contributed by atoms with Crippen molar-refractivity contribution in [2.24, 2.45) is 0 Å². The van der Waals surface area contributed by atoms with Gasteiger partial charge in [0, 0.05) is 30.4 Å². The molecule has 0 fully saturated rings. The Morgan fingerprint density at radius 1 is 0.906 bits per heavy atom. The molecule has 3 rings (SSSR count). The molecule has 2 amide bonds. The monoisotopic (exact) mass is 436 g/mol. The van der Waals surface area contributed by atoms with Crippen molar-refractivity contribution >= 4 is 28.9 Å². The van der Waals surface area contributed by atoms with Crippen LogP contribution in [0.25, 0.3) is 0 Å². The Morgan fingerprint density at radius 3 is 2.28 bits per heavy atom. The summed E-state index contributed by atoms with van der Waals surface area (Å²) in [5.41, 5.74) is 1.53. The minimum atomic E-state index is -0.558. The fourth-order valence-electron chi connectivity index (χ4n) is 2.94. The molecule has 8 nitrogen and oxygen atoms in total. The number of halogens is 1. The Morgan fingerprint density at radius 2 is 1.59 bits per heavy atom. The van der Waals surface area contributed by atoms with Gasteiger partial charge in [0.25, 0.3) is 11.6 Å². The highest BCUT2D eigenvalue weighted by Gasteiger charge is 2.17. The smallest absolute Gasteiger partial charge is 0.293 e. The number of hydrogen-bond acceptors (Lipinski definition) is 5. The fraction of sp³-hybridized carbons (Fsp3) is 0.130. The van der Waals surface area contributed by atoms with Gasteiger partial charge in [-0.2, -0.15) is 0 Å². The fourth-order valence-corrected chi connectivity index (χ4v) is 2.94. The van der Waals surface area contributed by atoms with Gasteiger partial charge in [-0.15, -0.1) is 0 Å². The predicted molar refractivity (Wildman–Crippen MR) is 118 cm³/mol. The van der Waals surface area contributed by atoms with E-state index in [1.807, 2.05) is 6.07 Å². The first-order valence-electron chi connectivity index (χ1n) is 9.82. The second-order valence-electron chi connectivity index (χ2n) is 6.89. The molecule has 0 atom stereocenters. The van der Waals surface area contributed by atoms with Crippen LogP contribution in [0.4, 0.5) is 21.5 Å². The van der Waals surface area contributed by atoms with Crippen LogP contribution in [0.3, 0.4) is 0 Å². The number of carbonyl (C=O) groups excluding carboxylic acids is 2. The lowest BCUT2D eigenvalue weighted by Gasteiger charge is -2.10. The maximum absolute atomic E-state index is 12.9. The number of nitrogens with one attached hydrogen (secondary N) is 3. The van der Waals surface area contributed by atoms with Crippen LogP contribution in [0.1, 0.15) is 15.9 Å². The first kappa shape index (κ1) is 22.4. The van der Waals surface area contributed by atoms with Gasteiger partial charge in [-0.1, -0.05) is 30.3 Å². The van der Waals surface area contributed by atoms with E-state index in [2.05, 4.69) is 16.0 Å². The molecule has 32 heavy (non-hydrogen) atoms. The third kappa shape index (κ3) is 6.36. The minimum absolute atomic E-state index is 0.0935. The summed E-state index contributed by atoms with van der Waals surface area (Å²) in [4.78, 5) is 35.2. The molecule has 3 N–H and O–H groups in total. The second kappa shape index (κ2) is 10.7. The maximum Gasteiger partial charge on any atom is 0.293 e. The van der Waals surface area contributed by atoms with Gasteiger partial charge in [0.1, 0.15) is 11.5 Å². The molecule has 0 spiro atoms. The van der Waals surface area contributed by atoms with E-state index in [9.17, 15) is 24.1 Å². The van der Waals surface area contributed by atoms with Crippen molar-refractivity contribution in [3.05, 3.63) is 99.9 Å². The molecule has 3 aromatic carbocycles. The van der Waals surface area contributed by atoms with Crippen molar-refractivity contribution in [2.75, 3.05) is 18.4 Å². The zero-order valence-corrected chi connectivity index (χ0v) is 17.0. The molecule has 0 saturated carbocycles. The molecular weight excluding hydrogens is 415 g/mol. The first-order chi connectivity index (χ1) is 15.4. The largest absolute Gasteiger partial charge is 0.354 e. The molecule has 164 valence electrons. The molecular formula is C23H21FN4O4. The lowest BCUT2D eigenvalue weighted by atomic mass is 10.1. The molecule has 0 radical (unpaired) electrons. The van der Waals surface area contributed by atoms with Gasteiger partial charge in [0.05, 0.1) is 11.3 Å². The van der Waals surface area contributed by atoms with Gasteiger partial charge < -0.3 is 16.0 Å². The maximum atomic E-state index is 12.9. The van der Waals surface area contributed by atoms with E-state index >= 15 is 0 Å². The average molecular weight is 436 g/mol. The molecule has 3 aromatic rings. The normalized spacial score (nSPS) is 10.3. The molecule has 0 aliphatic heterocycles. The summed E-state index contributed by atoms with van der Waals surface area (Å²) < 4.78 is 12.9. The number of nitro benzene ring substituents is 1. The number of rotatable bonds is 9. The average Bonchev–Trinajstić information content (AvgIpc) is 2.79. The predicted octanol–water partition coefficient (Wildman–Crippen LogP) is 3.57. The lowest BCUT2D eigenvalue weighted by molar-refractivity contribution is -0.383. The van der Waals surface area contributed by atoms with Crippen LogP contribution in [0.2, 0.25) is 0 Å². The SMILES string of the molecule is O=C(Cc1ccc(F)cc1)NCCNC(=O)c1ccc(Nc2ccccc2)c([N+](=O)[O-])c1. The van der Waals surface area contributed by atoms with Crippen LogP contribution in [-0.4, -0.2) is 29.8 Å². The Hall–Kier alpha value is -4.27. The Bertz CT molecular complexity index is 1100. The van der Waals surface area contributed by atoms with Crippen LogP contribution in [-0.2, 0) is 11.2 Å². The molecule has 0 heterocycles. The van der Waals surface area contributed by atoms with Crippen LogP contribution in [0, 0.1) is 15.9 Å². The van der Waals surface area contributed by atoms with E-state index in [0.717, 1.165) is 0 Å². The highest BCUT2D eigenvalue weighted by Crippen LogP contribution is 2.28. The molecule has 9 heteroatoms. The molecule has 0 bridgehead atoms.